The third kappa shape index (κ3) is 9.25. The van der Waals surface area contributed by atoms with Crippen molar-refractivity contribution in [3.63, 3.8) is 0 Å². The number of fused-ring (bicyclic) bond motifs is 2. The number of nitrogens with one attached hydrogen (secondary N) is 3. The van der Waals surface area contributed by atoms with Gasteiger partial charge in [0, 0.05) is 41.6 Å². The number of hydrogen-bond acceptors (Lipinski definition) is 11. The van der Waals surface area contributed by atoms with Crippen LogP contribution >= 0.6 is 11.3 Å². The van der Waals surface area contributed by atoms with Crippen LogP contribution in [-0.4, -0.2) is 93.3 Å². The van der Waals surface area contributed by atoms with Crippen LogP contribution in [-0.2, 0) is 24.4 Å². The SMILES string of the molecule is CC(C)Oc1ccc(-c2cc(O[C@@H]3C[C@H]4C(=O)NC5(C(=O)NS(=O)(=O)C6(C)CC6)C[C@H]5/C=C\CC[C@@H](C)C[C@@H](C)[C@H](NC(=O)O)C(=O)N4C3)cc(-c3nccs3)n2)cc1. The van der Waals surface area contributed by atoms with E-state index < -0.39 is 74.1 Å². The third-order valence-corrected chi connectivity index (χ3v) is 14.8. The van der Waals surface area contributed by atoms with E-state index in [0.717, 1.165) is 12.0 Å². The molecule has 0 spiro atoms. The van der Waals surface area contributed by atoms with Gasteiger partial charge in [-0.1, -0.05) is 26.0 Å². The zero-order valence-electron chi connectivity index (χ0n) is 33.8. The predicted molar refractivity (Wildman–Crippen MR) is 221 cm³/mol. The van der Waals surface area contributed by atoms with Crippen molar-refractivity contribution in [2.24, 2.45) is 17.8 Å². The molecule has 1 aromatic carbocycles. The number of carbonyl (C=O) groups is 4. The average Bonchev–Trinajstić information content (AvgIpc) is 3.92. The highest BCUT2D eigenvalue weighted by atomic mass is 32.2. The number of carboxylic acid groups (broad SMARTS) is 1. The van der Waals surface area contributed by atoms with Crippen LogP contribution in [0.4, 0.5) is 4.79 Å². The van der Waals surface area contributed by atoms with Gasteiger partial charge in [0.05, 0.1) is 23.1 Å². The maximum atomic E-state index is 14.6. The molecule has 2 aliphatic carbocycles. The molecule has 1 saturated heterocycles. The van der Waals surface area contributed by atoms with E-state index >= 15 is 0 Å². The molecule has 1 unspecified atom stereocenters. The summed E-state index contributed by atoms with van der Waals surface area (Å²) >= 11 is 1.41. The van der Waals surface area contributed by atoms with Crippen LogP contribution in [0.25, 0.3) is 22.0 Å². The first-order valence-electron chi connectivity index (χ1n) is 20.2. The minimum absolute atomic E-state index is 0.000980. The summed E-state index contributed by atoms with van der Waals surface area (Å²) in [6.45, 7) is 9.26. The number of ether oxygens (including phenoxy) is 2. The number of amides is 4. The Morgan fingerprint density at radius 3 is 2.46 bits per heavy atom. The average molecular weight is 849 g/mol. The summed E-state index contributed by atoms with van der Waals surface area (Å²) in [5.74, 6) is -1.75. The van der Waals surface area contributed by atoms with Crippen molar-refractivity contribution in [2.45, 2.75) is 114 Å². The number of rotatable bonds is 10. The van der Waals surface area contributed by atoms with Crippen LogP contribution < -0.4 is 24.8 Å². The van der Waals surface area contributed by atoms with E-state index in [0.29, 0.717) is 53.6 Å². The first-order valence-corrected chi connectivity index (χ1v) is 22.5. The van der Waals surface area contributed by atoms with Crippen LogP contribution in [0.1, 0.15) is 79.6 Å². The fraction of sp³-hybridized carbons (Fsp3) is 0.524. The Labute approximate surface area is 348 Å². The summed E-state index contributed by atoms with van der Waals surface area (Å²) in [5.41, 5.74) is 0.379. The monoisotopic (exact) mass is 848 g/mol. The lowest BCUT2D eigenvalue weighted by Crippen LogP contribution is -2.59. The molecule has 3 aromatic rings. The van der Waals surface area contributed by atoms with Gasteiger partial charge >= 0.3 is 6.09 Å². The Morgan fingerprint density at radius 2 is 1.80 bits per heavy atom. The fourth-order valence-corrected chi connectivity index (χ4v) is 9.99. The van der Waals surface area contributed by atoms with E-state index in [1.54, 1.807) is 25.3 Å². The topological polar surface area (TPSA) is 206 Å². The second kappa shape index (κ2) is 16.6. The van der Waals surface area contributed by atoms with Gasteiger partial charge in [-0.05, 0) is 95.4 Å². The number of pyridine rings is 1. The highest BCUT2D eigenvalue weighted by Crippen LogP contribution is 2.47. The van der Waals surface area contributed by atoms with Crippen molar-refractivity contribution in [1.29, 1.82) is 0 Å². The van der Waals surface area contributed by atoms with Crippen molar-refractivity contribution in [3.8, 4) is 33.5 Å². The van der Waals surface area contributed by atoms with Crippen molar-refractivity contribution >= 4 is 45.2 Å². The van der Waals surface area contributed by atoms with Gasteiger partial charge < -0.3 is 30.1 Å². The second-order valence-corrected chi connectivity index (χ2v) is 20.1. The number of aromatic nitrogens is 2. The Morgan fingerprint density at radius 1 is 1.07 bits per heavy atom. The Kier molecular flexibility index (Phi) is 11.8. The number of thiazole rings is 1. The lowest BCUT2D eigenvalue weighted by Gasteiger charge is -2.32. The molecule has 7 rings (SSSR count). The molecule has 15 nitrogen and oxygen atoms in total. The zero-order valence-corrected chi connectivity index (χ0v) is 35.5. The minimum Gasteiger partial charge on any atom is -0.491 e. The van der Waals surface area contributed by atoms with E-state index in [1.807, 2.05) is 69.5 Å². The van der Waals surface area contributed by atoms with Gasteiger partial charge in [0.1, 0.15) is 45.9 Å². The number of nitrogens with zero attached hydrogens (tertiary/aromatic N) is 3. The summed E-state index contributed by atoms with van der Waals surface area (Å²) < 4.78 is 40.1. The van der Waals surface area contributed by atoms with Crippen molar-refractivity contribution in [1.82, 2.24) is 30.2 Å². The normalized spacial score (nSPS) is 28.5. The van der Waals surface area contributed by atoms with Crippen LogP contribution in [0, 0.1) is 17.8 Å². The standard InChI is InChI=1S/C42H52N6O9S2/c1-24(2)56-29-12-10-27(11-13-29)32-19-30(20-33(44-32)37-43-16-17-58-37)57-31-21-34-36(49)46-42(39(51)47-59(54,55)41(5)14-15-41)22-28(42)9-7-6-8-25(3)18-26(4)35(45-40(52)53)38(50)48(34)23-31/h7,9-13,16-17,19-20,24-26,28,31,34-35,45H,6,8,14-15,18,21-23H2,1-5H3,(H,46,49)(H,47,51)(H,52,53)/b9-7-/t25-,26-,28-,31-,34+,35+,42?/m1/s1. The smallest absolute Gasteiger partial charge is 0.405 e. The molecule has 0 radical (unpaired) electrons. The van der Waals surface area contributed by atoms with Gasteiger partial charge in [0.25, 0.3) is 5.91 Å². The lowest BCUT2D eigenvalue weighted by atomic mass is 9.88. The first kappa shape index (κ1) is 42.1. The van der Waals surface area contributed by atoms with Gasteiger partial charge in [0.15, 0.2) is 0 Å². The molecule has 4 amide bonds. The molecule has 316 valence electrons. The predicted octanol–water partition coefficient (Wildman–Crippen LogP) is 5.53. The first-order chi connectivity index (χ1) is 28.0. The Hall–Kier alpha value is -5.03. The molecule has 4 aliphatic rings. The number of carbonyl (C=O) groups excluding carboxylic acids is 3. The summed E-state index contributed by atoms with van der Waals surface area (Å²) in [6, 6.07) is 8.67. The summed E-state index contributed by atoms with van der Waals surface area (Å²) in [4.78, 5) is 65.8. The van der Waals surface area contributed by atoms with Gasteiger partial charge in [-0.15, -0.1) is 11.3 Å². The van der Waals surface area contributed by atoms with Gasteiger partial charge in [-0.25, -0.2) is 23.2 Å². The van der Waals surface area contributed by atoms with Crippen molar-refractivity contribution < 1.29 is 42.2 Å². The molecule has 0 bridgehead atoms. The van der Waals surface area contributed by atoms with E-state index in [-0.39, 0.29) is 31.4 Å². The highest BCUT2D eigenvalue weighted by Gasteiger charge is 2.63. The molecule has 59 heavy (non-hydrogen) atoms. The van der Waals surface area contributed by atoms with Gasteiger partial charge in [-0.3, -0.25) is 19.1 Å². The maximum absolute atomic E-state index is 14.6. The molecule has 3 fully saturated rings. The van der Waals surface area contributed by atoms with Crippen molar-refractivity contribution in [2.75, 3.05) is 6.54 Å². The molecule has 17 heteroatoms. The van der Waals surface area contributed by atoms with E-state index in [4.69, 9.17) is 14.5 Å². The quantitative estimate of drug-likeness (QED) is 0.187. The Balaban J connectivity index is 1.22. The number of benzene rings is 1. The molecular formula is C42H52N6O9S2. The molecule has 4 N–H and O–H groups in total. The van der Waals surface area contributed by atoms with E-state index in [1.165, 1.54) is 16.2 Å². The number of hydrogen-bond donors (Lipinski definition) is 4. The summed E-state index contributed by atoms with van der Waals surface area (Å²) in [5, 5.41) is 17.7. The fourth-order valence-electron chi connectivity index (χ4n) is 8.08. The van der Waals surface area contributed by atoms with E-state index in [9.17, 15) is 32.7 Å². The number of sulfonamides is 1. The highest BCUT2D eigenvalue weighted by molar-refractivity contribution is 7.91. The van der Waals surface area contributed by atoms with Gasteiger partial charge in [-0.2, -0.15) is 0 Å². The molecule has 7 atom stereocenters. The van der Waals surface area contributed by atoms with Crippen LogP contribution in [0.5, 0.6) is 11.5 Å². The van der Waals surface area contributed by atoms with E-state index in [2.05, 4.69) is 20.3 Å². The zero-order chi connectivity index (χ0) is 42.3. The minimum atomic E-state index is -4.02. The molecule has 2 aromatic heterocycles. The molecular weight excluding hydrogens is 797 g/mol. The second-order valence-electron chi connectivity index (χ2n) is 17.0. The molecule has 4 heterocycles. The van der Waals surface area contributed by atoms with Crippen LogP contribution in [0.3, 0.4) is 0 Å². The van der Waals surface area contributed by atoms with Crippen molar-refractivity contribution in [3.05, 3.63) is 60.1 Å². The lowest BCUT2D eigenvalue weighted by molar-refractivity contribution is -0.142. The summed E-state index contributed by atoms with van der Waals surface area (Å²) in [7, 11) is -4.02. The maximum Gasteiger partial charge on any atom is 0.405 e. The molecule has 2 saturated carbocycles. The van der Waals surface area contributed by atoms with Crippen LogP contribution in [0.15, 0.2) is 60.1 Å². The third-order valence-electron chi connectivity index (χ3n) is 11.8. The van der Waals surface area contributed by atoms with Crippen LogP contribution in [0.2, 0.25) is 0 Å². The Bertz CT molecular complexity index is 2210. The summed E-state index contributed by atoms with van der Waals surface area (Å²) in [6.07, 6.45) is 6.27. The number of allylic oxidation sites excluding steroid dienone is 1. The largest absolute Gasteiger partial charge is 0.491 e. The molecule has 2 aliphatic heterocycles. The van der Waals surface area contributed by atoms with Gasteiger partial charge in [0.2, 0.25) is 21.8 Å².